The number of furan rings is 1. The molecule has 30 heavy (non-hydrogen) atoms. The summed E-state index contributed by atoms with van der Waals surface area (Å²) in [7, 11) is 0. The first-order chi connectivity index (χ1) is 14.1. The predicted octanol–water partition coefficient (Wildman–Crippen LogP) is 5.01. The van der Waals surface area contributed by atoms with Gasteiger partial charge in [0, 0.05) is 19.2 Å². The molecule has 0 fully saturated rings. The number of benzene rings is 2. The minimum atomic E-state index is -0.537. The summed E-state index contributed by atoms with van der Waals surface area (Å²) in [6.45, 7) is 6.26. The smallest absolute Gasteiger partial charge is 0.258 e. The van der Waals surface area contributed by atoms with Crippen LogP contribution in [0.4, 0.5) is 11.4 Å². The molecule has 2 N–H and O–H groups in total. The van der Waals surface area contributed by atoms with Crippen LogP contribution >= 0.6 is 23.2 Å². The first kappa shape index (κ1) is 21.7. The summed E-state index contributed by atoms with van der Waals surface area (Å²) in [5.41, 5.74) is 4.51. The van der Waals surface area contributed by atoms with Crippen LogP contribution in [-0.4, -0.2) is 17.7 Å². The molecule has 0 radical (unpaired) electrons. The second-order valence-corrected chi connectivity index (χ2v) is 7.54. The molecule has 1 heterocycles. The summed E-state index contributed by atoms with van der Waals surface area (Å²) in [5.74, 6) is -0.709. The minimum absolute atomic E-state index is 0.115. The van der Waals surface area contributed by atoms with Crippen molar-refractivity contribution in [1.82, 2.24) is 5.43 Å². The van der Waals surface area contributed by atoms with Gasteiger partial charge in [-0.1, -0.05) is 29.3 Å². The third-order valence-electron chi connectivity index (χ3n) is 4.54. The van der Waals surface area contributed by atoms with Crippen molar-refractivity contribution in [2.75, 3.05) is 10.3 Å². The van der Waals surface area contributed by atoms with Gasteiger partial charge in [-0.25, -0.2) is 5.01 Å². The minimum Gasteiger partial charge on any atom is -0.459 e. The molecule has 0 atom stereocenters. The van der Waals surface area contributed by atoms with E-state index in [1.165, 1.54) is 19.9 Å². The third kappa shape index (κ3) is 4.13. The van der Waals surface area contributed by atoms with Crippen LogP contribution in [0.15, 0.2) is 34.7 Å². The lowest BCUT2D eigenvalue weighted by atomic mass is 10.1. The molecule has 0 saturated carbocycles. The van der Waals surface area contributed by atoms with Crippen LogP contribution in [0.25, 0.3) is 11.0 Å². The normalized spacial score (nSPS) is 10.7. The molecule has 0 saturated heterocycles. The van der Waals surface area contributed by atoms with Crippen molar-refractivity contribution in [3.8, 4) is 0 Å². The lowest BCUT2D eigenvalue weighted by molar-refractivity contribution is -0.123. The average molecular weight is 448 g/mol. The van der Waals surface area contributed by atoms with E-state index in [0.29, 0.717) is 28.1 Å². The second-order valence-electron chi connectivity index (χ2n) is 6.73. The number of carbonyl (C=O) groups is 3. The zero-order chi connectivity index (χ0) is 22.2. The maximum atomic E-state index is 12.9. The summed E-state index contributed by atoms with van der Waals surface area (Å²) in [5, 5.41) is 4.93. The lowest BCUT2D eigenvalue weighted by Gasteiger charge is -2.22. The van der Waals surface area contributed by atoms with Gasteiger partial charge in [0.05, 0.1) is 27.0 Å². The van der Waals surface area contributed by atoms with Crippen molar-refractivity contribution in [2.45, 2.75) is 27.7 Å². The Labute approximate surface area is 182 Å². The average Bonchev–Trinajstić information content (AvgIpc) is 2.94. The van der Waals surface area contributed by atoms with Gasteiger partial charge in [-0.3, -0.25) is 19.8 Å². The van der Waals surface area contributed by atoms with Gasteiger partial charge in [0.1, 0.15) is 5.76 Å². The molecule has 0 aliphatic heterocycles. The van der Waals surface area contributed by atoms with Crippen LogP contribution in [0, 0.1) is 13.8 Å². The first-order valence-electron chi connectivity index (χ1n) is 8.97. The molecule has 0 aliphatic carbocycles. The van der Waals surface area contributed by atoms with Crippen molar-refractivity contribution < 1.29 is 18.8 Å². The van der Waals surface area contributed by atoms with E-state index in [-0.39, 0.29) is 15.6 Å². The maximum absolute atomic E-state index is 12.9. The fourth-order valence-electron chi connectivity index (χ4n) is 3.03. The van der Waals surface area contributed by atoms with Crippen LogP contribution in [0.1, 0.15) is 35.5 Å². The molecule has 1 aromatic heterocycles. The number of rotatable bonds is 3. The van der Waals surface area contributed by atoms with Gasteiger partial charge in [0.25, 0.3) is 5.91 Å². The Kier molecular flexibility index (Phi) is 6.05. The van der Waals surface area contributed by atoms with E-state index in [1.54, 1.807) is 31.2 Å². The Bertz CT molecular complexity index is 1170. The van der Waals surface area contributed by atoms with Gasteiger partial charge in [0.15, 0.2) is 5.58 Å². The van der Waals surface area contributed by atoms with Gasteiger partial charge in [-0.15, -0.1) is 0 Å². The van der Waals surface area contributed by atoms with Crippen molar-refractivity contribution in [1.29, 1.82) is 0 Å². The van der Waals surface area contributed by atoms with Crippen LogP contribution in [0.5, 0.6) is 0 Å². The number of hydrogen-bond donors (Lipinski definition) is 2. The second kappa shape index (κ2) is 8.38. The molecule has 0 aliphatic rings. The Balaban J connectivity index is 2.15. The molecule has 3 aromatic rings. The summed E-state index contributed by atoms with van der Waals surface area (Å²) in [6.07, 6.45) is 0. The number of halogens is 2. The molecule has 3 amide bonds. The molecular formula is C21H19Cl2N3O4. The van der Waals surface area contributed by atoms with Crippen LogP contribution < -0.4 is 15.8 Å². The Morgan fingerprint density at radius 1 is 1.03 bits per heavy atom. The monoisotopic (exact) mass is 447 g/mol. The number of fused-ring (bicyclic) bond motifs is 1. The first-order valence-corrected chi connectivity index (χ1v) is 9.72. The van der Waals surface area contributed by atoms with Crippen molar-refractivity contribution in [3.05, 3.63) is 57.3 Å². The number of hydrazine groups is 1. The molecule has 9 heteroatoms. The number of nitrogens with one attached hydrogen (secondary N) is 2. The van der Waals surface area contributed by atoms with E-state index in [4.69, 9.17) is 27.6 Å². The zero-order valence-corrected chi connectivity index (χ0v) is 18.2. The maximum Gasteiger partial charge on any atom is 0.258 e. The van der Waals surface area contributed by atoms with Crippen LogP contribution in [0.3, 0.4) is 0 Å². The van der Waals surface area contributed by atoms with Gasteiger partial charge < -0.3 is 9.73 Å². The predicted molar refractivity (Wildman–Crippen MR) is 117 cm³/mol. The lowest BCUT2D eigenvalue weighted by Crippen LogP contribution is -2.44. The summed E-state index contributed by atoms with van der Waals surface area (Å²) in [4.78, 5) is 36.6. The number of anilines is 2. The summed E-state index contributed by atoms with van der Waals surface area (Å²) in [6, 6.07) is 7.99. The van der Waals surface area contributed by atoms with Crippen LogP contribution in [0.2, 0.25) is 10.0 Å². The van der Waals surface area contributed by atoms with Crippen LogP contribution in [-0.2, 0) is 9.59 Å². The van der Waals surface area contributed by atoms with E-state index < -0.39 is 17.7 Å². The molecular weight excluding hydrogens is 429 g/mol. The van der Waals surface area contributed by atoms with E-state index >= 15 is 0 Å². The van der Waals surface area contributed by atoms with Gasteiger partial charge in [-0.2, -0.15) is 0 Å². The van der Waals surface area contributed by atoms with E-state index in [9.17, 15) is 14.4 Å². The van der Waals surface area contributed by atoms with Crippen molar-refractivity contribution >= 4 is 63.3 Å². The number of amides is 3. The molecule has 0 unspecified atom stereocenters. The van der Waals surface area contributed by atoms with Gasteiger partial charge in [0.2, 0.25) is 11.8 Å². The van der Waals surface area contributed by atoms with Crippen molar-refractivity contribution in [2.24, 2.45) is 0 Å². The van der Waals surface area contributed by atoms with E-state index in [0.717, 1.165) is 10.6 Å². The number of aryl methyl sites for hydroxylation is 2. The topological polar surface area (TPSA) is 91.7 Å². The molecule has 7 nitrogen and oxygen atoms in total. The third-order valence-corrected chi connectivity index (χ3v) is 5.17. The number of nitrogens with zero attached hydrogens (tertiary/aromatic N) is 1. The van der Waals surface area contributed by atoms with Gasteiger partial charge in [-0.05, 0) is 43.7 Å². The summed E-state index contributed by atoms with van der Waals surface area (Å²) < 4.78 is 5.83. The quantitative estimate of drug-likeness (QED) is 0.551. The number of carbonyl (C=O) groups excluding carboxylic acids is 3. The largest absolute Gasteiger partial charge is 0.459 e. The molecule has 156 valence electrons. The summed E-state index contributed by atoms with van der Waals surface area (Å²) >= 11 is 12.3. The number of hydrogen-bond acceptors (Lipinski definition) is 4. The Morgan fingerprint density at radius 3 is 2.23 bits per heavy atom. The molecule has 3 rings (SSSR count). The van der Waals surface area contributed by atoms with E-state index in [1.807, 2.05) is 6.92 Å². The highest BCUT2D eigenvalue weighted by Gasteiger charge is 2.22. The highest BCUT2D eigenvalue weighted by Crippen LogP contribution is 2.36. The highest BCUT2D eigenvalue weighted by atomic mass is 35.5. The molecule has 0 bridgehead atoms. The molecule has 0 spiro atoms. The Hall–Kier alpha value is -3.03. The SMILES string of the molecule is CC(=O)NN(C(C)=O)c1cc(NC(=O)c2c(Cl)cccc2Cl)c2oc(C)c(C)c2c1. The zero-order valence-electron chi connectivity index (χ0n) is 16.7. The van der Waals surface area contributed by atoms with Crippen molar-refractivity contribution in [3.63, 3.8) is 0 Å². The fraction of sp³-hybridized carbons (Fsp3) is 0.190. The molecule has 2 aromatic carbocycles. The highest BCUT2D eigenvalue weighted by molar-refractivity contribution is 6.40. The van der Waals surface area contributed by atoms with Gasteiger partial charge >= 0.3 is 0 Å². The van der Waals surface area contributed by atoms with E-state index in [2.05, 4.69) is 10.7 Å². The Morgan fingerprint density at radius 2 is 1.67 bits per heavy atom. The fourth-order valence-corrected chi connectivity index (χ4v) is 3.59. The standard InChI is InChI=1S/C21H19Cl2N3O4/c1-10-11(2)30-20-15(10)8-14(26(13(4)28)25-12(3)27)9-18(20)24-21(29)19-16(22)6-5-7-17(19)23/h5-9H,1-4H3,(H,24,29)(H,25,27).